The van der Waals surface area contributed by atoms with Gasteiger partial charge in [0.1, 0.15) is 0 Å². The number of hydrogen-bond donors (Lipinski definition) is 0. The van der Waals surface area contributed by atoms with E-state index in [4.69, 9.17) is 0 Å². The van der Waals surface area contributed by atoms with Crippen molar-refractivity contribution in [3.63, 3.8) is 0 Å². The highest BCUT2D eigenvalue weighted by molar-refractivity contribution is 4.76. The Kier molecular flexibility index (Phi) is 5.86. The summed E-state index contributed by atoms with van der Waals surface area (Å²) in [5, 5.41) is 0. The summed E-state index contributed by atoms with van der Waals surface area (Å²) in [5.74, 6) is 1.96. The van der Waals surface area contributed by atoms with E-state index in [-0.39, 0.29) is 0 Å². The van der Waals surface area contributed by atoms with Crippen LogP contribution in [0.5, 0.6) is 0 Å². The monoisotopic (exact) mass is 224 g/mol. The average molecular weight is 224 g/mol. The Morgan fingerprint density at radius 1 is 1.12 bits per heavy atom. The van der Waals surface area contributed by atoms with Gasteiger partial charge in [-0.3, -0.25) is 0 Å². The first kappa shape index (κ1) is 14.1. The van der Waals surface area contributed by atoms with Crippen molar-refractivity contribution in [1.82, 2.24) is 0 Å². The first-order valence-corrected chi connectivity index (χ1v) is 7.56. The molecule has 0 nitrogen and oxygen atoms in total. The molecular formula is C16H32. The van der Waals surface area contributed by atoms with Crippen LogP contribution in [-0.2, 0) is 0 Å². The summed E-state index contributed by atoms with van der Waals surface area (Å²) in [7, 11) is 0. The Balaban J connectivity index is 2.25. The number of rotatable bonds is 6. The van der Waals surface area contributed by atoms with Crippen LogP contribution in [-0.4, -0.2) is 0 Å². The fraction of sp³-hybridized carbons (Fsp3) is 1.00. The molecule has 0 amide bonds. The minimum atomic E-state index is 0.559. The summed E-state index contributed by atoms with van der Waals surface area (Å²) in [5.41, 5.74) is 0.559. The molecule has 0 heterocycles. The normalized spacial score (nSPS) is 21.0. The van der Waals surface area contributed by atoms with Gasteiger partial charge in [0.15, 0.2) is 0 Å². The molecule has 0 aromatic rings. The molecule has 0 N–H and O–H groups in total. The minimum Gasteiger partial charge on any atom is -0.0654 e. The Morgan fingerprint density at radius 2 is 1.75 bits per heavy atom. The lowest BCUT2D eigenvalue weighted by Crippen LogP contribution is -2.22. The maximum atomic E-state index is 2.47. The highest BCUT2D eigenvalue weighted by atomic mass is 14.3. The van der Waals surface area contributed by atoms with Crippen molar-refractivity contribution in [3.8, 4) is 0 Å². The van der Waals surface area contributed by atoms with Crippen molar-refractivity contribution in [2.45, 2.75) is 85.5 Å². The minimum absolute atomic E-state index is 0.559. The smallest absolute Gasteiger partial charge is 0.0329 e. The molecule has 1 aliphatic rings. The van der Waals surface area contributed by atoms with Gasteiger partial charge in [-0.1, -0.05) is 72.6 Å². The summed E-state index contributed by atoms with van der Waals surface area (Å²) < 4.78 is 0. The lowest BCUT2D eigenvalue weighted by molar-refractivity contribution is 0.180. The van der Waals surface area contributed by atoms with E-state index in [1.54, 1.807) is 0 Å². The van der Waals surface area contributed by atoms with Gasteiger partial charge < -0.3 is 0 Å². The SMILES string of the molecule is CCCC(C)(C)C(C)CCC1CCCCC1. The van der Waals surface area contributed by atoms with Gasteiger partial charge in [0, 0.05) is 0 Å². The van der Waals surface area contributed by atoms with Crippen LogP contribution in [0.2, 0.25) is 0 Å². The van der Waals surface area contributed by atoms with E-state index in [1.807, 2.05) is 0 Å². The van der Waals surface area contributed by atoms with E-state index in [0.717, 1.165) is 11.8 Å². The molecule has 0 radical (unpaired) electrons. The third kappa shape index (κ3) is 4.47. The van der Waals surface area contributed by atoms with Crippen molar-refractivity contribution in [2.24, 2.45) is 17.3 Å². The van der Waals surface area contributed by atoms with E-state index in [0.29, 0.717) is 5.41 Å². The molecule has 1 atom stereocenters. The standard InChI is InChI=1S/C16H32/c1-5-13-16(3,4)14(2)11-12-15-9-7-6-8-10-15/h14-15H,5-13H2,1-4H3. The first-order valence-electron chi connectivity index (χ1n) is 7.56. The van der Waals surface area contributed by atoms with Crippen LogP contribution >= 0.6 is 0 Å². The largest absolute Gasteiger partial charge is 0.0654 e. The summed E-state index contributed by atoms with van der Waals surface area (Å²) in [4.78, 5) is 0. The molecule has 0 heteroatoms. The van der Waals surface area contributed by atoms with Crippen molar-refractivity contribution in [1.29, 1.82) is 0 Å². The van der Waals surface area contributed by atoms with Gasteiger partial charge in [-0.25, -0.2) is 0 Å². The van der Waals surface area contributed by atoms with Crippen LogP contribution in [0, 0.1) is 17.3 Å². The lowest BCUT2D eigenvalue weighted by Gasteiger charge is -2.33. The molecule has 1 unspecified atom stereocenters. The van der Waals surface area contributed by atoms with Crippen molar-refractivity contribution >= 4 is 0 Å². The van der Waals surface area contributed by atoms with Crippen LogP contribution in [0.4, 0.5) is 0 Å². The molecular weight excluding hydrogens is 192 g/mol. The van der Waals surface area contributed by atoms with Crippen LogP contribution in [0.1, 0.15) is 85.5 Å². The van der Waals surface area contributed by atoms with Crippen LogP contribution in [0.25, 0.3) is 0 Å². The van der Waals surface area contributed by atoms with Gasteiger partial charge in [-0.05, 0) is 30.1 Å². The second kappa shape index (κ2) is 6.67. The molecule has 0 aliphatic heterocycles. The lowest BCUT2D eigenvalue weighted by atomic mass is 9.73. The van der Waals surface area contributed by atoms with Crippen molar-refractivity contribution in [2.75, 3.05) is 0 Å². The van der Waals surface area contributed by atoms with Crippen LogP contribution < -0.4 is 0 Å². The van der Waals surface area contributed by atoms with Crippen molar-refractivity contribution < 1.29 is 0 Å². The first-order chi connectivity index (χ1) is 7.56. The van der Waals surface area contributed by atoms with E-state index >= 15 is 0 Å². The molecule has 1 fully saturated rings. The van der Waals surface area contributed by atoms with Gasteiger partial charge in [0.05, 0.1) is 0 Å². The number of hydrogen-bond acceptors (Lipinski definition) is 0. The Hall–Kier alpha value is 0. The van der Waals surface area contributed by atoms with Crippen LogP contribution in [0.15, 0.2) is 0 Å². The molecule has 0 saturated heterocycles. The molecule has 16 heavy (non-hydrogen) atoms. The Morgan fingerprint density at radius 3 is 2.31 bits per heavy atom. The predicted molar refractivity (Wildman–Crippen MR) is 73.7 cm³/mol. The molecule has 0 aromatic heterocycles. The molecule has 1 saturated carbocycles. The maximum absolute atomic E-state index is 2.47. The second-order valence-corrected chi connectivity index (χ2v) is 6.72. The van der Waals surface area contributed by atoms with Gasteiger partial charge in [0.2, 0.25) is 0 Å². The molecule has 0 spiro atoms. The predicted octanol–water partition coefficient (Wildman–Crippen LogP) is 5.81. The zero-order valence-corrected chi connectivity index (χ0v) is 12.0. The molecule has 0 aromatic carbocycles. The molecule has 96 valence electrons. The molecule has 0 bridgehead atoms. The zero-order valence-electron chi connectivity index (χ0n) is 12.0. The topological polar surface area (TPSA) is 0 Å². The summed E-state index contributed by atoms with van der Waals surface area (Å²) in [6.07, 6.45) is 13.2. The fourth-order valence-electron chi connectivity index (χ4n) is 3.24. The highest BCUT2D eigenvalue weighted by Gasteiger charge is 2.25. The van der Waals surface area contributed by atoms with E-state index < -0.39 is 0 Å². The van der Waals surface area contributed by atoms with Crippen molar-refractivity contribution in [3.05, 3.63) is 0 Å². The highest BCUT2D eigenvalue weighted by Crippen LogP contribution is 2.37. The fourth-order valence-corrected chi connectivity index (χ4v) is 3.24. The summed E-state index contributed by atoms with van der Waals surface area (Å²) in [6.45, 7) is 9.71. The van der Waals surface area contributed by atoms with Crippen LogP contribution in [0.3, 0.4) is 0 Å². The van der Waals surface area contributed by atoms with Gasteiger partial charge >= 0.3 is 0 Å². The third-order valence-electron chi connectivity index (χ3n) is 4.96. The van der Waals surface area contributed by atoms with Gasteiger partial charge in [-0.2, -0.15) is 0 Å². The van der Waals surface area contributed by atoms with Gasteiger partial charge in [0.25, 0.3) is 0 Å². The van der Waals surface area contributed by atoms with E-state index in [9.17, 15) is 0 Å². The Bertz CT molecular complexity index is 174. The zero-order chi connectivity index (χ0) is 12.0. The average Bonchev–Trinajstić information content (AvgIpc) is 2.27. The summed E-state index contributed by atoms with van der Waals surface area (Å²) in [6, 6.07) is 0. The molecule has 1 aliphatic carbocycles. The Labute approximate surface area is 103 Å². The third-order valence-corrected chi connectivity index (χ3v) is 4.96. The molecule has 1 rings (SSSR count). The van der Waals surface area contributed by atoms with E-state index in [2.05, 4.69) is 27.7 Å². The maximum Gasteiger partial charge on any atom is -0.0329 e. The van der Waals surface area contributed by atoms with E-state index in [1.165, 1.54) is 57.8 Å². The second-order valence-electron chi connectivity index (χ2n) is 6.72. The summed E-state index contributed by atoms with van der Waals surface area (Å²) >= 11 is 0. The quantitative estimate of drug-likeness (QED) is 0.534. The van der Waals surface area contributed by atoms with Gasteiger partial charge in [-0.15, -0.1) is 0 Å².